The van der Waals surface area contributed by atoms with Crippen LogP contribution in [-0.4, -0.2) is 9.97 Å². The van der Waals surface area contributed by atoms with Crippen LogP contribution in [0.2, 0.25) is 0 Å². The minimum absolute atomic E-state index is 1.10. The quantitative estimate of drug-likeness (QED) is 0.612. The van der Waals surface area contributed by atoms with Crippen molar-refractivity contribution in [3.05, 3.63) is 24.3 Å². The van der Waals surface area contributed by atoms with E-state index >= 15 is 0 Å². The van der Waals surface area contributed by atoms with E-state index in [1.165, 1.54) is 24.8 Å². The molecule has 0 amide bonds. The van der Waals surface area contributed by atoms with E-state index < -0.39 is 0 Å². The molecule has 1 heterocycles. The van der Waals surface area contributed by atoms with E-state index in [4.69, 9.17) is 0 Å². The second kappa shape index (κ2) is 4.83. The Kier molecular flexibility index (Phi) is 3.59. The molecule has 0 aromatic carbocycles. The van der Waals surface area contributed by atoms with Crippen LogP contribution in [0.15, 0.2) is 12.4 Å². The zero-order valence-corrected chi connectivity index (χ0v) is 6.88. The van der Waals surface area contributed by atoms with Crippen molar-refractivity contribution in [2.24, 2.45) is 0 Å². The average Bonchev–Trinajstić information content (AvgIpc) is 2.07. The second-order valence-corrected chi connectivity index (χ2v) is 2.65. The van der Waals surface area contributed by atoms with E-state index in [2.05, 4.69) is 23.2 Å². The summed E-state index contributed by atoms with van der Waals surface area (Å²) in [6.07, 6.45) is 11.1. The molecule has 1 radical (unpaired) electrons. The van der Waals surface area contributed by atoms with Crippen molar-refractivity contribution >= 4 is 0 Å². The van der Waals surface area contributed by atoms with Crippen molar-refractivity contribution in [3.63, 3.8) is 0 Å². The molecule has 0 aliphatic carbocycles. The lowest BCUT2D eigenvalue weighted by Gasteiger charge is -1.96. The molecule has 0 fully saturated rings. The maximum Gasteiger partial charge on any atom is 0.197 e. The van der Waals surface area contributed by atoms with E-state index in [1.807, 2.05) is 12.4 Å². The smallest absolute Gasteiger partial charge is 0.197 e. The van der Waals surface area contributed by atoms with E-state index in [9.17, 15) is 0 Å². The summed E-state index contributed by atoms with van der Waals surface area (Å²) in [6.45, 7) is 2.20. The van der Waals surface area contributed by atoms with Gasteiger partial charge in [0.25, 0.3) is 0 Å². The van der Waals surface area contributed by atoms with Crippen LogP contribution in [0.5, 0.6) is 0 Å². The van der Waals surface area contributed by atoms with Gasteiger partial charge in [0, 0.05) is 12.4 Å². The Balaban J connectivity index is 2.28. The summed E-state index contributed by atoms with van der Waals surface area (Å²) >= 11 is 0. The first-order chi connectivity index (χ1) is 5.43. The van der Waals surface area contributed by atoms with Gasteiger partial charge in [0.05, 0.1) is 0 Å². The molecule has 1 rings (SSSR count). The number of nitrogens with zero attached hydrogens (tertiary/aromatic N) is 2. The third-order valence-corrected chi connectivity index (χ3v) is 1.65. The lowest BCUT2D eigenvalue weighted by Crippen LogP contribution is -1.87. The minimum Gasteiger partial charge on any atom is -0.234 e. The van der Waals surface area contributed by atoms with Gasteiger partial charge in [0.15, 0.2) is 6.33 Å². The highest BCUT2D eigenvalue weighted by atomic mass is 14.8. The summed E-state index contributed by atoms with van der Waals surface area (Å²) in [7, 11) is 0. The monoisotopic (exact) mass is 149 g/mol. The van der Waals surface area contributed by atoms with Gasteiger partial charge >= 0.3 is 0 Å². The van der Waals surface area contributed by atoms with Crippen molar-refractivity contribution in [1.82, 2.24) is 9.97 Å². The highest BCUT2D eigenvalue weighted by molar-refractivity contribution is 5.01. The first-order valence-electron chi connectivity index (χ1n) is 4.10. The first-order valence-corrected chi connectivity index (χ1v) is 4.10. The summed E-state index contributed by atoms with van der Waals surface area (Å²) in [5.74, 6) is 0. The number of unbranched alkanes of at least 4 members (excludes halogenated alkanes) is 2. The molecule has 0 unspecified atom stereocenters. The van der Waals surface area contributed by atoms with Crippen LogP contribution >= 0.6 is 0 Å². The predicted molar refractivity (Wildman–Crippen MR) is 44.1 cm³/mol. The molecule has 0 atom stereocenters. The Morgan fingerprint density at radius 2 is 2.00 bits per heavy atom. The molecule has 11 heavy (non-hydrogen) atoms. The predicted octanol–water partition coefficient (Wildman–Crippen LogP) is 2.01. The molecule has 2 heteroatoms. The average molecular weight is 149 g/mol. The third kappa shape index (κ3) is 3.12. The number of hydrogen-bond donors (Lipinski definition) is 0. The van der Waals surface area contributed by atoms with Gasteiger partial charge in [-0.25, -0.2) is 9.97 Å². The summed E-state index contributed by atoms with van der Waals surface area (Å²) in [5, 5.41) is 0. The van der Waals surface area contributed by atoms with E-state index in [0.29, 0.717) is 0 Å². The lowest BCUT2D eigenvalue weighted by atomic mass is 10.1. The first kappa shape index (κ1) is 8.18. The topological polar surface area (TPSA) is 25.8 Å². The van der Waals surface area contributed by atoms with Gasteiger partial charge in [-0.05, 0) is 18.4 Å². The number of aryl methyl sites for hydroxylation is 1. The molecule has 0 aliphatic rings. The van der Waals surface area contributed by atoms with Gasteiger partial charge < -0.3 is 0 Å². The molecule has 1 aromatic rings. The molecule has 0 N–H and O–H groups in total. The SMILES string of the molecule is CCCCCc1cn[c]nc1. The maximum absolute atomic E-state index is 3.83. The Morgan fingerprint density at radius 1 is 1.27 bits per heavy atom. The van der Waals surface area contributed by atoms with Gasteiger partial charge in [0.1, 0.15) is 0 Å². The highest BCUT2D eigenvalue weighted by Crippen LogP contribution is 2.02. The van der Waals surface area contributed by atoms with Crippen molar-refractivity contribution in [1.29, 1.82) is 0 Å². The maximum atomic E-state index is 3.83. The number of aromatic nitrogens is 2. The molecule has 0 bridgehead atoms. The van der Waals surface area contributed by atoms with Gasteiger partial charge in [0.2, 0.25) is 0 Å². The summed E-state index contributed by atoms with van der Waals surface area (Å²) in [4.78, 5) is 7.65. The van der Waals surface area contributed by atoms with Crippen LogP contribution < -0.4 is 0 Å². The molecule has 59 valence electrons. The Hall–Kier alpha value is -0.920. The molecule has 2 nitrogen and oxygen atoms in total. The third-order valence-electron chi connectivity index (χ3n) is 1.65. The molecular formula is C9H13N2. The molecule has 0 aliphatic heterocycles. The Labute approximate surface area is 67.7 Å². The summed E-state index contributed by atoms with van der Waals surface area (Å²) < 4.78 is 0. The van der Waals surface area contributed by atoms with Gasteiger partial charge in [-0.3, -0.25) is 0 Å². The van der Waals surface area contributed by atoms with Crippen LogP contribution in [-0.2, 0) is 6.42 Å². The standard InChI is InChI=1S/C9H13N2/c1-2-3-4-5-9-6-10-8-11-7-9/h6-7H,2-5H2,1H3. The summed E-state index contributed by atoms with van der Waals surface area (Å²) in [6, 6.07) is 0. The molecule has 1 aromatic heterocycles. The van der Waals surface area contributed by atoms with Crippen LogP contribution in [0, 0.1) is 6.33 Å². The molecule has 0 saturated heterocycles. The minimum atomic E-state index is 1.10. The molecular weight excluding hydrogens is 136 g/mol. The van der Waals surface area contributed by atoms with Crippen LogP contribution in [0.3, 0.4) is 0 Å². The fourth-order valence-electron chi connectivity index (χ4n) is 0.998. The lowest BCUT2D eigenvalue weighted by molar-refractivity contribution is 0.714. The highest BCUT2D eigenvalue weighted by Gasteiger charge is 1.91. The van der Waals surface area contributed by atoms with Crippen molar-refractivity contribution in [2.45, 2.75) is 32.6 Å². The van der Waals surface area contributed by atoms with Crippen molar-refractivity contribution in [2.75, 3.05) is 0 Å². The molecule has 0 spiro atoms. The number of rotatable bonds is 4. The largest absolute Gasteiger partial charge is 0.234 e. The van der Waals surface area contributed by atoms with Crippen LogP contribution in [0.4, 0.5) is 0 Å². The fourth-order valence-corrected chi connectivity index (χ4v) is 0.998. The van der Waals surface area contributed by atoms with E-state index in [1.54, 1.807) is 0 Å². The number of hydrogen-bond acceptors (Lipinski definition) is 2. The fraction of sp³-hybridized carbons (Fsp3) is 0.556. The Morgan fingerprint density at radius 3 is 2.64 bits per heavy atom. The normalized spacial score (nSPS) is 9.91. The Bertz CT molecular complexity index is 184. The molecule has 0 saturated carbocycles. The van der Waals surface area contributed by atoms with Crippen molar-refractivity contribution < 1.29 is 0 Å². The van der Waals surface area contributed by atoms with E-state index in [0.717, 1.165) is 6.42 Å². The summed E-state index contributed by atoms with van der Waals surface area (Å²) in [5.41, 5.74) is 1.22. The van der Waals surface area contributed by atoms with Gasteiger partial charge in [-0.15, -0.1) is 0 Å². The van der Waals surface area contributed by atoms with Crippen LogP contribution in [0.1, 0.15) is 31.7 Å². The zero-order valence-electron chi connectivity index (χ0n) is 6.88. The van der Waals surface area contributed by atoms with Crippen LogP contribution in [0.25, 0.3) is 0 Å². The van der Waals surface area contributed by atoms with E-state index in [-0.39, 0.29) is 0 Å². The van der Waals surface area contributed by atoms with Crippen molar-refractivity contribution in [3.8, 4) is 0 Å². The van der Waals surface area contributed by atoms with Gasteiger partial charge in [-0.1, -0.05) is 19.8 Å². The zero-order chi connectivity index (χ0) is 7.94. The van der Waals surface area contributed by atoms with Gasteiger partial charge in [-0.2, -0.15) is 0 Å². The second-order valence-electron chi connectivity index (χ2n) is 2.65.